The minimum absolute atomic E-state index is 0.0454. The third-order valence-electron chi connectivity index (χ3n) is 7.34. The highest BCUT2D eigenvalue weighted by atomic mass is 79.9. The summed E-state index contributed by atoms with van der Waals surface area (Å²) in [7, 11) is -4.30. The van der Waals surface area contributed by atoms with Crippen molar-refractivity contribution in [3.8, 4) is 5.75 Å². The summed E-state index contributed by atoms with van der Waals surface area (Å²) in [5.41, 5.74) is 1.83. The van der Waals surface area contributed by atoms with Crippen molar-refractivity contribution in [3.05, 3.63) is 124 Å². The second-order valence-electron chi connectivity index (χ2n) is 11.4. The van der Waals surface area contributed by atoms with E-state index in [0.717, 1.165) is 19.9 Å². The third kappa shape index (κ3) is 9.82. The van der Waals surface area contributed by atoms with Gasteiger partial charge in [-0.3, -0.25) is 13.9 Å². The largest absolute Gasteiger partial charge is 0.492 e. The van der Waals surface area contributed by atoms with Crippen molar-refractivity contribution < 1.29 is 22.7 Å². The van der Waals surface area contributed by atoms with Crippen LogP contribution in [0.25, 0.3) is 0 Å². The second-order valence-corrected chi connectivity index (χ2v) is 14.6. The normalized spacial score (nSPS) is 12.0. The van der Waals surface area contributed by atoms with Crippen molar-refractivity contribution in [3.63, 3.8) is 0 Å². The number of halogens is 2. The molecule has 11 heteroatoms. The molecule has 0 aliphatic rings. The fraction of sp³-hybridized carbons (Fsp3) is 0.278. The molecule has 4 rings (SSSR count). The number of nitrogens with zero attached hydrogens (tertiary/aromatic N) is 2. The predicted molar refractivity (Wildman–Crippen MR) is 190 cm³/mol. The number of carbonyl (C=O) groups excluding carboxylic acids is 2. The number of amides is 2. The van der Waals surface area contributed by atoms with E-state index in [-0.39, 0.29) is 42.0 Å². The summed E-state index contributed by atoms with van der Waals surface area (Å²) in [4.78, 5) is 30.0. The Morgan fingerprint density at radius 1 is 0.872 bits per heavy atom. The molecule has 0 bridgehead atoms. The number of hydrogen-bond acceptors (Lipinski definition) is 5. The molecule has 0 aromatic heterocycles. The number of rotatable bonds is 15. The maximum atomic E-state index is 14.6. The summed E-state index contributed by atoms with van der Waals surface area (Å²) < 4.78 is 36.3. The van der Waals surface area contributed by atoms with E-state index in [1.807, 2.05) is 68.4 Å². The van der Waals surface area contributed by atoms with Gasteiger partial charge in [-0.2, -0.15) is 0 Å². The number of benzene rings is 4. The number of para-hydroxylation sites is 2. The van der Waals surface area contributed by atoms with Crippen LogP contribution in [-0.2, 0) is 32.6 Å². The molecule has 0 aliphatic carbocycles. The summed E-state index contributed by atoms with van der Waals surface area (Å²) in [6.45, 7) is 5.96. The van der Waals surface area contributed by atoms with E-state index < -0.39 is 28.5 Å². The van der Waals surface area contributed by atoms with Crippen molar-refractivity contribution in [1.82, 2.24) is 10.2 Å². The van der Waals surface area contributed by atoms with E-state index in [1.54, 1.807) is 31.2 Å². The average molecular weight is 741 g/mol. The highest BCUT2D eigenvalue weighted by Crippen LogP contribution is 2.33. The van der Waals surface area contributed by atoms with Crippen LogP contribution in [-0.4, -0.2) is 50.9 Å². The van der Waals surface area contributed by atoms with E-state index >= 15 is 0 Å². The molecular formula is C36H39BrClN3O5S. The Kier molecular flexibility index (Phi) is 12.9. The van der Waals surface area contributed by atoms with E-state index in [9.17, 15) is 18.0 Å². The Hall–Kier alpha value is -3.86. The minimum Gasteiger partial charge on any atom is -0.492 e. The second kappa shape index (κ2) is 16.8. The first-order valence-corrected chi connectivity index (χ1v) is 18.0. The van der Waals surface area contributed by atoms with Crippen LogP contribution < -0.4 is 14.4 Å². The van der Waals surface area contributed by atoms with Crippen molar-refractivity contribution >= 4 is 55.1 Å². The van der Waals surface area contributed by atoms with E-state index in [4.69, 9.17) is 16.3 Å². The molecular weight excluding hydrogens is 702 g/mol. The van der Waals surface area contributed by atoms with Gasteiger partial charge in [0.25, 0.3) is 10.0 Å². The molecule has 0 fully saturated rings. The number of nitrogens with one attached hydrogen (secondary N) is 1. The lowest BCUT2D eigenvalue weighted by Crippen LogP contribution is -2.53. The number of sulfonamides is 1. The van der Waals surface area contributed by atoms with Crippen LogP contribution in [0.4, 0.5) is 5.69 Å². The molecule has 248 valence electrons. The lowest BCUT2D eigenvalue weighted by Gasteiger charge is -2.34. The number of carbonyl (C=O) groups is 2. The van der Waals surface area contributed by atoms with Gasteiger partial charge in [0.15, 0.2) is 0 Å². The molecule has 47 heavy (non-hydrogen) atoms. The molecule has 0 spiro atoms. The van der Waals surface area contributed by atoms with Crippen molar-refractivity contribution in [2.75, 3.05) is 24.0 Å². The van der Waals surface area contributed by atoms with Crippen LogP contribution in [0, 0.1) is 5.92 Å². The highest BCUT2D eigenvalue weighted by molar-refractivity contribution is 9.10. The number of ether oxygens (including phenoxy) is 1. The van der Waals surface area contributed by atoms with E-state index in [0.29, 0.717) is 17.3 Å². The fourth-order valence-electron chi connectivity index (χ4n) is 4.95. The Bertz CT molecular complexity index is 1740. The van der Waals surface area contributed by atoms with Crippen molar-refractivity contribution in [1.29, 1.82) is 0 Å². The maximum absolute atomic E-state index is 14.6. The fourth-order valence-corrected chi connectivity index (χ4v) is 6.77. The topological polar surface area (TPSA) is 96.0 Å². The quantitative estimate of drug-likeness (QED) is 0.140. The van der Waals surface area contributed by atoms with E-state index in [2.05, 4.69) is 21.2 Å². The highest BCUT2D eigenvalue weighted by Gasteiger charge is 2.35. The molecule has 4 aromatic carbocycles. The molecule has 4 aromatic rings. The number of anilines is 1. The maximum Gasteiger partial charge on any atom is 0.264 e. The standard InChI is InChI=1S/C36H39BrClN3O5S/c1-4-46-34-13-9-8-12-32(34)41(47(44,45)31-20-18-30(38)19-21-31)25-35(42)40(24-28-14-16-29(37)17-15-28)33(36(43)39-23-26(2)3)22-27-10-6-5-7-11-27/h5-21,26,33H,4,22-25H2,1-3H3,(H,39,43)/t33-/m0/s1. The summed E-state index contributed by atoms with van der Waals surface area (Å²) in [6, 6.07) is 28.4. The smallest absolute Gasteiger partial charge is 0.264 e. The van der Waals surface area contributed by atoms with Gasteiger partial charge in [0.05, 0.1) is 17.2 Å². The van der Waals surface area contributed by atoms with Crippen LogP contribution >= 0.6 is 27.5 Å². The van der Waals surface area contributed by atoms with Crippen LogP contribution in [0.15, 0.2) is 112 Å². The van der Waals surface area contributed by atoms with Gasteiger partial charge in [0, 0.05) is 29.0 Å². The first-order chi connectivity index (χ1) is 22.5. The lowest BCUT2D eigenvalue weighted by atomic mass is 10.0. The first-order valence-electron chi connectivity index (χ1n) is 15.3. The molecule has 0 unspecified atom stereocenters. The van der Waals surface area contributed by atoms with Gasteiger partial charge in [0.1, 0.15) is 18.3 Å². The van der Waals surface area contributed by atoms with Gasteiger partial charge in [-0.05, 0) is 72.5 Å². The first kappa shape index (κ1) is 36.0. The van der Waals surface area contributed by atoms with Gasteiger partial charge >= 0.3 is 0 Å². The van der Waals surface area contributed by atoms with Crippen LogP contribution in [0.5, 0.6) is 5.75 Å². The molecule has 0 radical (unpaired) electrons. The zero-order valence-electron chi connectivity index (χ0n) is 26.6. The van der Waals surface area contributed by atoms with Gasteiger partial charge in [-0.1, -0.05) is 96.0 Å². The Morgan fingerprint density at radius 3 is 2.15 bits per heavy atom. The molecule has 0 aliphatic heterocycles. The third-order valence-corrected chi connectivity index (χ3v) is 9.89. The zero-order chi connectivity index (χ0) is 34.0. The Morgan fingerprint density at radius 2 is 1.51 bits per heavy atom. The Labute approximate surface area is 290 Å². The van der Waals surface area contributed by atoms with Gasteiger partial charge in [-0.25, -0.2) is 8.42 Å². The summed E-state index contributed by atoms with van der Waals surface area (Å²) >= 11 is 9.54. The molecule has 0 saturated heterocycles. The summed E-state index contributed by atoms with van der Waals surface area (Å²) in [5, 5.41) is 3.37. The average Bonchev–Trinajstić information content (AvgIpc) is 3.06. The van der Waals surface area contributed by atoms with Gasteiger partial charge < -0.3 is 15.0 Å². The monoisotopic (exact) mass is 739 g/mol. The summed E-state index contributed by atoms with van der Waals surface area (Å²) in [6.07, 6.45) is 0.229. The Balaban J connectivity index is 1.83. The lowest BCUT2D eigenvalue weighted by molar-refractivity contribution is -0.140. The van der Waals surface area contributed by atoms with Gasteiger partial charge in [0.2, 0.25) is 11.8 Å². The molecule has 0 heterocycles. The van der Waals surface area contributed by atoms with Crippen molar-refractivity contribution in [2.24, 2.45) is 5.92 Å². The van der Waals surface area contributed by atoms with E-state index in [1.165, 1.54) is 29.2 Å². The predicted octanol–water partition coefficient (Wildman–Crippen LogP) is 7.11. The summed E-state index contributed by atoms with van der Waals surface area (Å²) in [5.74, 6) is -0.399. The minimum atomic E-state index is -4.30. The zero-order valence-corrected chi connectivity index (χ0v) is 29.8. The van der Waals surface area contributed by atoms with Crippen molar-refractivity contribution in [2.45, 2.75) is 44.7 Å². The molecule has 2 amide bonds. The van der Waals surface area contributed by atoms with Crippen LogP contribution in [0.1, 0.15) is 31.9 Å². The molecule has 1 N–H and O–H groups in total. The van der Waals surface area contributed by atoms with Crippen LogP contribution in [0.3, 0.4) is 0 Å². The SMILES string of the molecule is CCOc1ccccc1N(CC(=O)N(Cc1ccc(Br)cc1)[C@@H](Cc1ccccc1)C(=O)NCC(C)C)S(=O)(=O)c1ccc(Cl)cc1. The van der Waals surface area contributed by atoms with Gasteiger partial charge in [-0.15, -0.1) is 0 Å². The molecule has 0 saturated carbocycles. The van der Waals surface area contributed by atoms with Crippen LogP contribution in [0.2, 0.25) is 5.02 Å². The molecule has 1 atom stereocenters. The number of hydrogen-bond donors (Lipinski definition) is 1. The molecule has 8 nitrogen and oxygen atoms in total.